The summed E-state index contributed by atoms with van der Waals surface area (Å²) in [5, 5.41) is 1.19. The van der Waals surface area contributed by atoms with Crippen LogP contribution in [0.3, 0.4) is 0 Å². The number of carbonyl (C=O) groups is 1. The van der Waals surface area contributed by atoms with Crippen molar-refractivity contribution in [1.29, 1.82) is 0 Å². The quantitative estimate of drug-likeness (QED) is 0.803. The van der Waals surface area contributed by atoms with Crippen molar-refractivity contribution in [1.82, 2.24) is 4.98 Å². The summed E-state index contributed by atoms with van der Waals surface area (Å²) < 4.78 is 4.63. The van der Waals surface area contributed by atoms with Crippen molar-refractivity contribution >= 4 is 16.9 Å². The number of rotatable bonds is 3. The number of H-pyrrole nitrogens is 1. The van der Waals surface area contributed by atoms with Gasteiger partial charge >= 0.3 is 5.97 Å². The minimum Gasteiger partial charge on any atom is -0.469 e. The molecular weight excluding hydrogens is 202 g/mol. The average Bonchev–Trinajstić information content (AvgIpc) is 2.68. The van der Waals surface area contributed by atoms with E-state index in [0.29, 0.717) is 6.42 Å². The molecule has 0 fully saturated rings. The average molecular weight is 217 g/mol. The van der Waals surface area contributed by atoms with E-state index in [-0.39, 0.29) is 5.97 Å². The molecule has 1 aromatic carbocycles. The molecule has 3 heteroatoms. The molecule has 3 nitrogen and oxygen atoms in total. The maximum absolute atomic E-state index is 11.1. The van der Waals surface area contributed by atoms with Crippen molar-refractivity contribution in [3.8, 4) is 0 Å². The van der Waals surface area contributed by atoms with Gasteiger partial charge in [0, 0.05) is 23.5 Å². The van der Waals surface area contributed by atoms with E-state index in [1.165, 1.54) is 23.6 Å². The minimum atomic E-state index is -0.165. The van der Waals surface area contributed by atoms with Gasteiger partial charge in [0.1, 0.15) is 0 Å². The van der Waals surface area contributed by atoms with Gasteiger partial charge in [0.15, 0.2) is 0 Å². The Bertz CT molecular complexity index is 514. The minimum absolute atomic E-state index is 0.165. The molecule has 1 N–H and O–H groups in total. The number of aryl methyl sites for hydroxylation is 2. The summed E-state index contributed by atoms with van der Waals surface area (Å²) in [4.78, 5) is 14.3. The molecule has 84 valence electrons. The number of esters is 1. The Labute approximate surface area is 94.4 Å². The Balaban J connectivity index is 2.22. The highest BCUT2D eigenvalue weighted by atomic mass is 16.5. The number of hydrogen-bond acceptors (Lipinski definition) is 2. The zero-order chi connectivity index (χ0) is 11.5. The molecule has 0 radical (unpaired) electrons. The number of methoxy groups -OCH3 is 1. The van der Waals surface area contributed by atoms with Crippen molar-refractivity contribution in [2.75, 3.05) is 7.11 Å². The third-order valence-corrected chi connectivity index (χ3v) is 2.75. The molecule has 0 aliphatic heterocycles. The summed E-state index contributed by atoms with van der Waals surface area (Å²) in [6.07, 6.45) is 3.11. The number of fused-ring (bicyclic) bond motifs is 1. The molecule has 1 aromatic heterocycles. The van der Waals surface area contributed by atoms with E-state index in [1.807, 2.05) is 6.20 Å². The molecule has 1 heterocycles. The lowest BCUT2D eigenvalue weighted by Crippen LogP contribution is -2.01. The van der Waals surface area contributed by atoms with E-state index in [4.69, 9.17) is 0 Å². The van der Waals surface area contributed by atoms with Gasteiger partial charge in [-0.05, 0) is 30.5 Å². The molecule has 2 aromatic rings. The molecule has 0 atom stereocenters. The lowest BCUT2D eigenvalue weighted by atomic mass is 10.1. The first-order chi connectivity index (χ1) is 7.70. The number of carbonyl (C=O) groups excluding carboxylic acids is 1. The fourth-order valence-electron chi connectivity index (χ4n) is 1.85. The van der Waals surface area contributed by atoms with Crippen LogP contribution >= 0.6 is 0 Å². The fraction of sp³-hybridized carbons (Fsp3) is 0.308. The summed E-state index contributed by atoms with van der Waals surface area (Å²) in [6, 6.07) is 6.28. The van der Waals surface area contributed by atoms with Crippen molar-refractivity contribution in [3.63, 3.8) is 0 Å². The summed E-state index contributed by atoms with van der Waals surface area (Å²) in [7, 11) is 1.42. The van der Waals surface area contributed by atoms with Crippen LogP contribution in [0.5, 0.6) is 0 Å². The number of nitrogens with one attached hydrogen (secondary N) is 1. The predicted molar refractivity (Wildman–Crippen MR) is 63.4 cm³/mol. The number of aromatic amines is 1. The van der Waals surface area contributed by atoms with Gasteiger partial charge < -0.3 is 9.72 Å². The Morgan fingerprint density at radius 3 is 3.00 bits per heavy atom. The van der Waals surface area contributed by atoms with Crippen LogP contribution < -0.4 is 0 Å². The maximum atomic E-state index is 11.1. The van der Waals surface area contributed by atoms with Crippen LogP contribution in [0.1, 0.15) is 17.5 Å². The molecule has 0 aliphatic rings. The topological polar surface area (TPSA) is 42.1 Å². The third-order valence-electron chi connectivity index (χ3n) is 2.75. The summed E-state index contributed by atoms with van der Waals surface area (Å²) >= 11 is 0. The standard InChI is InChI=1S/C13H15NO2/c1-9-3-5-11-10(4-6-13(15)16-2)8-14-12(11)7-9/h3,5,7-8,14H,4,6H2,1-2H3. The van der Waals surface area contributed by atoms with Gasteiger partial charge in [-0.2, -0.15) is 0 Å². The fourth-order valence-corrected chi connectivity index (χ4v) is 1.85. The zero-order valence-electron chi connectivity index (χ0n) is 9.54. The third kappa shape index (κ3) is 2.08. The summed E-state index contributed by atoms with van der Waals surface area (Å²) in [5.41, 5.74) is 3.52. The van der Waals surface area contributed by atoms with Gasteiger partial charge in [-0.1, -0.05) is 12.1 Å². The van der Waals surface area contributed by atoms with E-state index in [0.717, 1.165) is 11.9 Å². The van der Waals surface area contributed by atoms with Crippen LogP contribution in [0.4, 0.5) is 0 Å². The van der Waals surface area contributed by atoms with Gasteiger partial charge in [-0.3, -0.25) is 4.79 Å². The van der Waals surface area contributed by atoms with Crippen molar-refractivity contribution in [2.45, 2.75) is 19.8 Å². The number of aromatic nitrogens is 1. The van der Waals surface area contributed by atoms with Gasteiger partial charge in [0.2, 0.25) is 0 Å². The van der Waals surface area contributed by atoms with Crippen LogP contribution in [-0.2, 0) is 16.0 Å². The number of ether oxygens (including phenoxy) is 1. The van der Waals surface area contributed by atoms with Crippen LogP contribution in [0.2, 0.25) is 0 Å². The molecule has 0 unspecified atom stereocenters. The number of benzene rings is 1. The first kappa shape index (κ1) is 10.7. The van der Waals surface area contributed by atoms with Crippen LogP contribution in [0.15, 0.2) is 24.4 Å². The van der Waals surface area contributed by atoms with Crippen molar-refractivity contribution in [2.24, 2.45) is 0 Å². The van der Waals surface area contributed by atoms with E-state index < -0.39 is 0 Å². The lowest BCUT2D eigenvalue weighted by molar-refractivity contribution is -0.140. The SMILES string of the molecule is COC(=O)CCc1c[nH]c2cc(C)ccc12. The highest BCUT2D eigenvalue weighted by Crippen LogP contribution is 2.20. The highest BCUT2D eigenvalue weighted by Gasteiger charge is 2.06. The smallest absolute Gasteiger partial charge is 0.305 e. The maximum Gasteiger partial charge on any atom is 0.305 e. The van der Waals surface area contributed by atoms with Crippen molar-refractivity contribution < 1.29 is 9.53 Å². The highest BCUT2D eigenvalue weighted by molar-refractivity contribution is 5.84. The molecule has 16 heavy (non-hydrogen) atoms. The van der Waals surface area contributed by atoms with Gasteiger partial charge in [0.25, 0.3) is 0 Å². The first-order valence-corrected chi connectivity index (χ1v) is 5.34. The largest absolute Gasteiger partial charge is 0.469 e. The molecule has 0 saturated carbocycles. The Morgan fingerprint density at radius 2 is 2.25 bits per heavy atom. The lowest BCUT2D eigenvalue weighted by Gasteiger charge is -1.99. The van der Waals surface area contributed by atoms with Gasteiger partial charge in [-0.15, -0.1) is 0 Å². The van der Waals surface area contributed by atoms with E-state index in [2.05, 4.69) is 34.8 Å². The van der Waals surface area contributed by atoms with E-state index >= 15 is 0 Å². The van der Waals surface area contributed by atoms with E-state index in [9.17, 15) is 4.79 Å². The first-order valence-electron chi connectivity index (χ1n) is 5.34. The van der Waals surface area contributed by atoms with Crippen LogP contribution in [0.25, 0.3) is 10.9 Å². The van der Waals surface area contributed by atoms with Crippen LogP contribution in [-0.4, -0.2) is 18.1 Å². The number of hydrogen-bond donors (Lipinski definition) is 1. The predicted octanol–water partition coefficient (Wildman–Crippen LogP) is 2.58. The van der Waals surface area contributed by atoms with Crippen LogP contribution in [0, 0.1) is 6.92 Å². The zero-order valence-corrected chi connectivity index (χ0v) is 9.54. The second kappa shape index (κ2) is 4.39. The summed E-state index contributed by atoms with van der Waals surface area (Å²) in [6.45, 7) is 2.06. The Kier molecular flexibility index (Phi) is 2.95. The molecule has 0 spiro atoms. The van der Waals surface area contributed by atoms with Crippen molar-refractivity contribution in [3.05, 3.63) is 35.5 Å². The summed E-state index contributed by atoms with van der Waals surface area (Å²) in [5.74, 6) is -0.165. The Morgan fingerprint density at radius 1 is 1.44 bits per heavy atom. The Hall–Kier alpha value is -1.77. The second-order valence-corrected chi connectivity index (χ2v) is 3.94. The van der Waals surface area contributed by atoms with Gasteiger partial charge in [-0.25, -0.2) is 0 Å². The van der Waals surface area contributed by atoms with Gasteiger partial charge in [0.05, 0.1) is 7.11 Å². The molecule has 2 rings (SSSR count). The molecular formula is C13H15NO2. The van der Waals surface area contributed by atoms with E-state index in [1.54, 1.807) is 0 Å². The second-order valence-electron chi connectivity index (χ2n) is 3.94. The molecule has 0 saturated heterocycles. The molecule has 0 amide bonds. The normalized spacial score (nSPS) is 10.6. The molecule has 0 bridgehead atoms. The monoisotopic (exact) mass is 217 g/mol. The molecule has 0 aliphatic carbocycles.